The molecule has 5 heteroatoms. The van der Waals surface area contributed by atoms with Gasteiger partial charge in [-0.25, -0.2) is 0 Å². The van der Waals surface area contributed by atoms with Gasteiger partial charge in [0.1, 0.15) is 0 Å². The number of aryl methyl sites for hydroxylation is 1. The maximum Gasteiger partial charge on any atom is 0.247 e. The number of aromatic nitrogens is 3. The summed E-state index contributed by atoms with van der Waals surface area (Å²) in [6.07, 6.45) is 6.30. The number of nitrogens with two attached hydrogens (primary N) is 1. The van der Waals surface area contributed by atoms with E-state index in [1.165, 1.54) is 0 Å². The predicted octanol–water partition coefficient (Wildman–Crippen LogP) is 1.64. The molecule has 0 aliphatic heterocycles. The van der Waals surface area contributed by atoms with Crippen molar-refractivity contribution in [2.24, 2.45) is 5.73 Å². The maximum atomic E-state index is 6.02. The van der Waals surface area contributed by atoms with Gasteiger partial charge < -0.3 is 10.3 Å². The van der Waals surface area contributed by atoms with Gasteiger partial charge in [0.05, 0.1) is 5.54 Å². The number of rotatable bonds is 3. The lowest BCUT2D eigenvalue weighted by atomic mass is 10.1. The Bertz CT molecular complexity index is 545. The smallest absolute Gasteiger partial charge is 0.247 e. The molecule has 88 valence electrons. The van der Waals surface area contributed by atoms with E-state index in [1.807, 2.05) is 12.3 Å². The van der Waals surface area contributed by atoms with Crippen molar-refractivity contribution >= 4 is 0 Å². The monoisotopic (exact) mass is 230 g/mol. The number of hydrogen-bond acceptors (Lipinski definition) is 5. The maximum absolute atomic E-state index is 6.02. The Balaban J connectivity index is 2.01. The molecule has 2 aromatic rings. The number of nitrogens with zero attached hydrogens (tertiary/aromatic N) is 3. The first-order chi connectivity index (χ1) is 8.23. The first-order valence-electron chi connectivity index (χ1n) is 5.79. The summed E-state index contributed by atoms with van der Waals surface area (Å²) in [5, 5.41) is 4.01. The first-order valence-corrected chi connectivity index (χ1v) is 5.79. The Morgan fingerprint density at radius 3 is 3.00 bits per heavy atom. The molecular formula is C12H14N4O. The van der Waals surface area contributed by atoms with E-state index >= 15 is 0 Å². The van der Waals surface area contributed by atoms with Crippen LogP contribution in [-0.4, -0.2) is 15.1 Å². The molecule has 0 unspecified atom stereocenters. The summed E-state index contributed by atoms with van der Waals surface area (Å²) < 4.78 is 5.24. The molecule has 1 aliphatic carbocycles. The fraction of sp³-hybridized carbons (Fsp3) is 0.417. The molecule has 1 aliphatic rings. The van der Waals surface area contributed by atoms with Crippen LogP contribution in [0.1, 0.15) is 31.2 Å². The van der Waals surface area contributed by atoms with Crippen molar-refractivity contribution < 1.29 is 4.52 Å². The van der Waals surface area contributed by atoms with Crippen LogP contribution in [0.25, 0.3) is 11.4 Å². The van der Waals surface area contributed by atoms with Gasteiger partial charge in [0.2, 0.25) is 11.7 Å². The van der Waals surface area contributed by atoms with Crippen molar-refractivity contribution in [1.82, 2.24) is 15.1 Å². The molecule has 0 spiro atoms. The van der Waals surface area contributed by atoms with Crippen LogP contribution in [0.2, 0.25) is 0 Å². The Hall–Kier alpha value is -1.75. The second kappa shape index (κ2) is 3.63. The third-order valence-electron chi connectivity index (χ3n) is 3.17. The van der Waals surface area contributed by atoms with Crippen LogP contribution in [0.15, 0.2) is 23.0 Å². The van der Waals surface area contributed by atoms with Gasteiger partial charge in [-0.15, -0.1) is 0 Å². The summed E-state index contributed by atoms with van der Waals surface area (Å²) >= 11 is 0. The van der Waals surface area contributed by atoms with Gasteiger partial charge in [-0.1, -0.05) is 12.1 Å². The molecule has 2 N–H and O–H groups in total. The molecule has 2 aromatic heterocycles. The minimum atomic E-state index is -0.370. The van der Waals surface area contributed by atoms with Crippen LogP contribution in [0.5, 0.6) is 0 Å². The van der Waals surface area contributed by atoms with Crippen LogP contribution >= 0.6 is 0 Å². The summed E-state index contributed by atoms with van der Waals surface area (Å²) in [5.41, 5.74) is 7.74. The zero-order chi connectivity index (χ0) is 11.9. The fourth-order valence-electron chi connectivity index (χ4n) is 1.81. The molecule has 0 atom stereocenters. The number of pyridine rings is 1. The summed E-state index contributed by atoms with van der Waals surface area (Å²) in [5.74, 6) is 1.15. The van der Waals surface area contributed by atoms with Crippen LogP contribution in [-0.2, 0) is 12.0 Å². The molecule has 3 rings (SSSR count). The van der Waals surface area contributed by atoms with Gasteiger partial charge in [-0.2, -0.15) is 4.98 Å². The van der Waals surface area contributed by atoms with Crippen molar-refractivity contribution in [2.75, 3.05) is 0 Å². The van der Waals surface area contributed by atoms with Gasteiger partial charge in [0.15, 0.2) is 0 Å². The van der Waals surface area contributed by atoms with Crippen LogP contribution < -0.4 is 5.73 Å². The van der Waals surface area contributed by atoms with Crippen molar-refractivity contribution in [3.8, 4) is 11.4 Å². The quantitative estimate of drug-likeness (QED) is 0.867. The van der Waals surface area contributed by atoms with Gasteiger partial charge in [-0.05, 0) is 30.9 Å². The van der Waals surface area contributed by atoms with E-state index in [-0.39, 0.29) is 5.54 Å². The molecule has 0 bridgehead atoms. The molecule has 0 aromatic carbocycles. The largest absolute Gasteiger partial charge is 0.337 e. The van der Waals surface area contributed by atoms with Crippen molar-refractivity contribution in [1.29, 1.82) is 0 Å². The SMILES string of the molecule is CCc1cnccc1-c1noc(C2(N)CC2)n1. The molecule has 2 heterocycles. The Morgan fingerprint density at radius 2 is 2.29 bits per heavy atom. The summed E-state index contributed by atoms with van der Waals surface area (Å²) in [6.45, 7) is 2.08. The third kappa shape index (κ3) is 1.72. The van der Waals surface area contributed by atoms with E-state index in [0.29, 0.717) is 11.7 Å². The third-order valence-corrected chi connectivity index (χ3v) is 3.17. The van der Waals surface area contributed by atoms with Crippen LogP contribution in [0.3, 0.4) is 0 Å². The molecule has 0 amide bonds. The van der Waals surface area contributed by atoms with Gasteiger partial charge >= 0.3 is 0 Å². The summed E-state index contributed by atoms with van der Waals surface area (Å²) in [6, 6.07) is 1.91. The Labute approximate surface area is 99.1 Å². The second-order valence-electron chi connectivity index (χ2n) is 4.47. The molecule has 1 saturated carbocycles. The lowest BCUT2D eigenvalue weighted by Crippen LogP contribution is -2.18. The minimum absolute atomic E-state index is 0.370. The lowest BCUT2D eigenvalue weighted by Gasteiger charge is -2.01. The topological polar surface area (TPSA) is 77.8 Å². The van der Waals surface area contributed by atoms with Crippen molar-refractivity contribution in [3.05, 3.63) is 29.9 Å². The highest BCUT2D eigenvalue weighted by molar-refractivity contribution is 5.58. The minimum Gasteiger partial charge on any atom is -0.337 e. The second-order valence-corrected chi connectivity index (χ2v) is 4.47. The molecular weight excluding hydrogens is 216 g/mol. The zero-order valence-electron chi connectivity index (χ0n) is 9.68. The molecule has 0 saturated heterocycles. The molecule has 5 nitrogen and oxygen atoms in total. The average Bonchev–Trinajstić information content (AvgIpc) is 2.94. The highest BCUT2D eigenvalue weighted by Gasteiger charge is 2.45. The summed E-state index contributed by atoms with van der Waals surface area (Å²) in [7, 11) is 0. The van der Waals surface area contributed by atoms with Gasteiger partial charge in [-0.3, -0.25) is 4.98 Å². The predicted molar refractivity (Wildman–Crippen MR) is 62.0 cm³/mol. The van der Waals surface area contributed by atoms with Gasteiger partial charge in [0.25, 0.3) is 0 Å². The Morgan fingerprint density at radius 1 is 1.47 bits per heavy atom. The van der Waals surface area contributed by atoms with Gasteiger partial charge in [0, 0.05) is 18.0 Å². The fourth-order valence-corrected chi connectivity index (χ4v) is 1.81. The van der Waals surface area contributed by atoms with E-state index < -0.39 is 0 Å². The first kappa shape index (κ1) is 10.4. The van der Waals surface area contributed by atoms with Crippen molar-refractivity contribution in [2.45, 2.75) is 31.7 Å². The van der Waals surface area contributed by atoms with Crippen LogP contribution in [0, 0.1) is 0 Å². The highest BCUT2D eigenvalue weighted by atomic mass is 16.5. The average molecular weight is 230 g/mol. The normalized spacial score (nSPS) is 17.1. The highest BCUT2D eigenvalue weighted by Crippen LogP contribution is 2.42. The van der Waals surface area contributed by atoms with E-state index in [1.54, 1.807) is 6.20 Å². The van der Waals surface area contributed by atoms with E-state index in [0.717, 1.165) is 30.4 Å². The standard InChI is InChI=1S/C12H14N4O/c1-2-8-7-14-6-3-9(8)10-15-11(17-16-10)12(13)4-5-12/h3,6-7H,2,4-5,13H2,1H3. The van der Waals surface area contributed by atoms with E-state index in [2.05, 4.69) is 22.0 Å². The van der Waals surface area contributed by atoms with Crippen LogP contribution in [0.4, 0.5) is 0 Å². The summed E-state index contributed by atoms with van der Waals surface area (Å²) in [4.78, 5) is 8.49. The number of hydrogen-bond donors (Lipinski definition) is 1. The molecule has 0 radical (unpaired) electrons. The molecule has 17 heavy (non-hydrogen) atoms. The zero-order valence-corrected chi connectivity index (χ0v) is 9.68. The molecule has 1 fully saturated rings. The van der Waals surface area contributed by atoms with Crippen molar-refractivity contribution in [3.63, 3.8) is 0 Å². The van der Waals surface area contributed by atoms with E-state index in [4.69, 9.17) is 10.3 Å². The van der Waals surface area contributed by atoms with E-state index in [9.17, 15) is 0 Å². The Kier molecular flexibility index (Phi) is 2.22. The lowest BCUT2D eigenvalue weighted by molar-refractivity contribution is 0.348.